The Morgan fingerprint density at radius 1 is 0.517 bits per heavy atom. The van der Waals surface area contributed by atoms with E-state index in [0.29, 0.717) is 5.92 Å². The van der Waals surface area contributed by atoms with E-state index in [1.165, 1.54) is 135 Å². The summed E-state index contributed by atoms with van der Waals surface area (Å²) in [5.41, 5.74) is 7.18. The maximum absolute atomic E-state index is 7.09. The molecule has 0 bridgehead atoms. The second kappa shape index (κ2) is 22.9. The molecule has 0 aromatic heterocycles. The molecule has 0 aliphatic heterocycles. The van der Waals surface area contributed by atoms with Crippen molar-refractivity contribution in [1.29, 1.82) is 0 Å². The van der Waals surface area contributed by atoms with Crippen molar-refractivity contribution in [3.05, 3.63) is 0 Å². The lowest BCUT2D eigenvalue weighted by Gasteiger charge is -2.36. The minimum atomic E-state index is 0. The second-order valence-corrected chi connectivity index (χ2v) is 9.73. The van der Waals surface area contributed by atoms with E-state index in [2.05, 4.69) is 27.7 Å². The first-order valence-corrected chi connectivity index (χ1v) is 13.4. The van der Waals surface area contributed by atoms with Gasteiger partial charge in [0.15, 0.2) is 0 Å². The zero-order valence-electron chi connectivity index (χ0n) is 20.9. The molecule has 1 nitrogen and oxygen atoms in total. The summed E-state index contributed by atoms with van der Waals surface area (Å²) in [6.07, 6.45) is 28.9. The lowest BCUT2D eigenvalue weighted by Crippen LogP contribution is -2.46. The number of halogens is 1. The Labute approximate surface area is 192 Å². The van der Waals surface area contributed by atoms with Crippen molar-refractivity contribution in [2.75, 3.05) is 0 Å². The van der Waals surface area contributed by atoms with Crippen molar-refractivity contribution in [2.24, 2.45) is 11.7 Å². The summed E-state index contributed by atoms with van der Waals surface area (Å²) in [4.78, 5) is 0. The molecule has 0 heterocycles. The lowest BCUT2D eigenvalue weighted by atomic mass is 9.75. The first kappa shape index (κ1) is 31.4. The summed E-state index contributed by atoms with van der Waals surface area (Å²) >= 11 is 0. The maximum Gasteiger partial charge on any atom is 0.0180 e. The van der Waals surface area contributed by atoms with Crippen molar-refractivity contribution in [3.8, 4) is 0 Å². The van der Waals surface area contributed by atoms with Crippen LogP contribution in [0.25, 0.3) is 0 Å². The van der Waals surface area contributed by atoms with Crippen LogP contribution in [0.4, 0.5) is 0 Å². The topological polar surface area (TPSA) is 26.0 Å². The molecule has 2 heteroatoms. The summed E-state index contributed by atoms with van der Waals surface area (Å²) in [5.74, 6) is 0.685. The predicted molar refractivity (Wildman–Crippen MR) is 137 cm³/mol. The summed E-state index contributed by atoms with van der Waals surface area (Å²) in [7, 11) is 0. The molecule has 0 saturated carbocycles. The third-order valence-electron chi connectivity index (χ3n) is 6.96. The van der Waals surface area contributed by atoms with Gasteiger partial charge in [-0.2, -0.15) is 0 Å². The average molecular weight is 432 g/mol. The second-order valence-electron chi connectivity index (χ2n) is 9.73. The summed E-state index contributed by atoms with van der Waals surface area (Å²) < 4.78 is 0. The Hall–Kier alpha value is 0.250. The molecule has 0 rings (SSSR count). The fourth-order valence-electron chi connectivity index (χ4n) is 4.61. The SMILES string of the molecule is CCCCCCCCC(C)C(N)(CCCCCCCC)CCCCCCCC.Cl. The first-order valence-electron chi connectivity index (χ1n) is 13.4. The van der Waals surface area contributed by atoms with Gasteiger partial charge in [-0.25, -0.2) is 0 Å². The molecule has 2 N–H and O–H groups in total. The van der Waals surface area contributed by atoms with E-state index >= 15 is 0 Å². The Balaban J connectivity index is 0. The molecule has 0 aromatic carbocycles. The average Bonchev–Trinajstić information content (AvgIpc) is 2.69. The molecule has 0 aromatic rings. The fourth-order valence-corrected chi connectivity index (χ4v) is 4.61. The van der Waals surface area contributed by atoms with Crippen molar-refractivity contribution in [2.45, 2.75) is 168 Å². The standard InChI is InChI=1S/C27H57N.ClH/c1-5-8-11-14-17-20-23-26(4)27(28,24-21-18-15-12-9-6-2)25-22-19-16-13-10-7-3;/h26H,5-25,28H2,1-4H3;1H. The van der Waals surface area contributed by atoms with Gasteiger partial charge in [-0.15, -0.1) is 12.4 Å². The van der Waals surface area contributed by atoms with Gasteiger partial charge in [0, 0.05) is 5.54 Å². The minimum Gasteiger partial charge on any atom is -0.325 e. The van der Waals surface area contributed by atoms with Crippen molar-refractivity contribution < 1.29 is 0 Å². The zero-order valence-corrected chi connectivity index (χ0v) is 21.7. The highest BCUT2D eigenvalue weighted by Crippen LogP contribution is 2.31. The van der Waals surface area contributed by atoms with Gasteiger partial charge in [-0.1, -0.05) is 143 Å². The molecule has 1 unspecified atom stereocenters. The summed E-state index contributed by atoms with van der Waals surface area (Å²) in [6.45, 7) is 9.36. The van der Waals surface area contributed by atoms with Crippen LogP contribution >= 0.6 is 12.4 Å². The Morgan fingerprint density at radius 3 is 1.21 bits per heavy atom. The molecule has 0 fully saturated rings. The quantitative estimate of drug-likeness (QED) is 0.169. The van der Waals surface area contributed by atoms with Crippen LogP contribution in [-0.2, 0) is 0 Å². The van der Waals surface area contributed by atoms with Gasteiger partial charge in [0.05, 0.1) is 0 Å². The van der Waals surface area contributed by atoms with E-state index in [-0.39, 0.29) is 17.9 Å². The number of unbranched alkanes of at least 4 members (excludes halogenated alkanes) is 15. The number of rotatable bonds is 22. The predicted octanol–water partition coefficient (Wildman–Crippen LogP) is 9.99. The molecule has 178 valence electrons. The third kappa shape index (κ3) is 18.7. The fraction of sp³-hybridized carbons (Fsp3) is 1.00. The molecule has 0 amide bonds. The normalized spacial score (nSPS) is 12.7. The zero-order chi connectivity index (χ0) is 20.9. The molecule has 0 saturated heterocycles. The van der Waals surface area contributed by atoms with Gasteiger partial charge in [0.25, 0.3) is 0 Å². The van der Waals surface area contributed by atoms with Gasteiger partial charge in [-0.05, 0) is 25.2 Å². The van der Waals surface area contributed by atoms with E-state index in [0.717, 1.165) is 0 Å². The smallest absolute Gasteiger partial charge is 0.0180 e. The molecular formula is C27H58ClN. The van der Waals surface area contributed by atoms with Crippen LogP contribution in [0.2, 0.25) is 0 Å². The van der Waals surface area contributed by atoms with Gasteiger partial charge in [0.1, 0.15) is 0 Å². The minimum absolute atomic E-state index is 0. The maximum atomic E-state index is 7.09. The summed E-state index contributed by atoms with van der Waals surface area (Å²) in [6, 6.07) is 0. The van der Waals surface area contributed by atoms with Crippen molar-refractivity contribution >= 4 is 12.4 Å². The van der Waals surface area contributed by atoms with Gasteiger partial charge < -0.3 is 5.73 Å². The highest BCUT2D eigenvalue weighted by molar-refractivity contribution is 5.85. The largest absolute Gasteiger partial charge is 0.325 e. The number of hydrogen-bond donors (Lipinski definition) is 1. The van der Waals surface area contributed by atoms with Gasteiger partial charge >= 0.3 is 0 Å². The Morgan fingerprint density at radius 2 is 0.828 bits per heavy atom. The van der Waals surface area contributed by atoms with Gasteiger partial charge in [-0.3, -0.25) is 0 Å². The molecule has 0 radical (unpaired) electrons. The third-order valence-corrected chi connectivity index (χ3v) is 6.96. The lowest BCUT2D eigenvalue weighted by molar-refractivity contribution is 0.220. The van der Waals surface area contributed by atoms with Crippen molar-refractivity contribution in [3.63, 3.8) is 0 Å². The van der Waals surface area contributed by atoms with E-state index in [9.17, 15) is 0 Å². The Kier molecular flexibility index (Phi) is 24.9. The van der Waals surface area contributed by atoms with E-state index in [1.807, 2.05) is 0 Å². The molecule has 0 aliphatic carbocycles. The van der Waals surface area contributed by atoms with E-state index < -0.39 is 0 Å². The van der Waals surface area contributed by atoms with Crippen LogP contribution in [0.1, 0.15) is 163 Å². The van der Waals surface area contributed by atoms with Gasteiger partial charge in [0.2, 0.25) is 0 Å². The van der Waals surface area contributed by atoms with E-state index in [1.54, 1.807) is 0 Å². The van der Waals surface area contributed by atoms with Crippen LogP contribution in [0.15, 0.2) is 0 Å². The molecular weight excluding hydrogens is 374 g/mol. The van der Waals surface area contributed by atoms with Crippen LogP contribution in [-0.4, -0.2) is 5.54 Å². The molecule has 0 spiro atoms. The number of nitrogens with two attached hydrogens (primary N) is 1. The summed E-state index contributed by atoms with van der Waals surface area (Å²) in [5, 5.41) is 0. The highest BCUT2D eigenvalue weighted by Gasteiger charge is 2.30. The number of hydrogen-bond acceptors (Lipinski definition) is 1. The molecule has 1 atom stereocenters. The molecule has 29 heavy (non-hydrogen) atoms. The van der Waals surface area contributed by atoms with Crippen LogP contribution in [0.3, 0.4) is 0 Å². The van der Waals surface area contributed by atoms with Crippen LogP contribution < -0.4 is 5.73 Å². The highest BCUT2D eigenvalue weighted by atomic mass is 35.5. The van der Waals surface area contributed by atoms with Crippen molar-refractivity contribution in [1.82, 2.24) is 0 Å². The monoisotopic (exact) mass is 431 g/mol. The van der Waals surface area contributed by atoms with E-state index in [4.69, 9.17) is 5.73 Å². The molecule has 0 aliphatic rings. The first-order chi connectivity index (χ1) is 13.6. The van der Waals surface area contributed by atoms with Crippen LogP contribution in [0, 0.1) is 5.92 Å². The van der Waals surface area contributed by atoms with Crippen LogP contribution in [0.5, 0.6) is 0 Å². The Bertz CT molecular complexity index is 289.